The molecule has 2 aliphatic rings. The van der Waals surface area contributed by atoms with E-state index in [4.69, 9.17) is 4.42 Å². The Bertz CT molecular complexity index is 771. The molecule has 5 heteroatoms. The van der Waals surface area contributed by atoms with E-state index in [1.165, 1.54) is 11.3 Å². The number of likely N-dealkylation sites (tertiary alicyclic amines) is 1. The number of hydrogen-bond donors (Lipinski definition) is 1. The number of thioether (sulfide) groups is 1. The molecule has 1 amide bonds. The molecule has 2 aromatic rings. The second-order valence-electron chi connectivity index (χ2n) is 7.57. The summed E-state index contributed by atoms with van der Waals surface area (Å²) in [5, 5.41) is 11.0. The lowest BCUT2D eigenvalue weighted by molar-refractivity contribution is -0.0660. The van der Waals surface area contributed by atoms with E-state index in [0.717, 1.165) is 18.6 Å². The third-order valence-electron chi connectivity index (χ3n) is 5.89. The Labute approximate surface area is 158 Å². The summed E-state index contributed by atoms with van der Waals surface area (Å²) in [5.74, 6) is 2.20. The number of furan rings is 1. The van der Waals surface area contributed by atoms with Crippen LogP contribution in [-0.2, 0) is 5.75 Å². The van der Waals surface area contributed by atoms with Gasteiger partial charge in [0.2, 0.25) is 0 Å². The van der Waals surface area contributed by atoms with Crippen molar-refractivity contribution in [1.29, 1.82) is 0 Å². The molecule has 1 N–H and O–H groups in total. The second kappa shape index (κ2) is 7.12. The number of rotatable bonds is 5. The maximum Gasteiger partial charge on any atom is 0.289 e. The maximum absolute atomic E-state index is 12.8. The van der Waals surface area contributed by atoms with Crippen LogP contribution in [0.1, 0.15) is 42.5 Å². The van der Waals surface area contributed by atoms with E-state index in [0.29, 0.717) is 30.5 Å². The minimum atomic E-state index is -0.730. The molecule has 4 rings (SSSR count). The average molecular weight is 372 g/mol. The molecule has 1 saturated carbocycles. The molecular weight excluding hydrogens is 346 g/mol. The highest BCUT2D eigenvalue weighted by Crippen LogP contribution is 2.44. The molecule has 1 aromatic carbocycles. The summed E-state index contributed by atoms with van der Waals surface area (Å²) in [6.07, 6.45) is 3.34. The van der Waals surface area contributed by atoms with Crippen LogP contribution in [0, 0.1) is 11.8 Å². The molecule has 0 unspecified atom stereocenters. The molecule has 1 aliphatic heterocycles. The first-order valence-corrected chi connectivity index (χ1v) is 10.3. The number of aliphatic hydroxyl groups is 1. The lowest BCUT2D eigenvalue weighted by atomic mass is 9.69. The van der Waals surface area contributed by atoms with Crippen molar-refractivity contribution in [3.05, 3.63) is 54.0 Å². The number of β-amino-alcohol motifs (C(OH)–C–C–N with tert-alkyl or cyclic N) is 1. The predicted octanol–water partition coefficient (Wildman–Crippen LogP) is 4.20. The Morgan fingerprint density at radius 2 is 2.04 bits per heavy atom. The Morgan fingerprint density at radius 1 is 1.27 bits per heavy atom. The summed E-state index contributed by atoms with van der Waals surface area (Å²) in [6.45, 7) is 3.07. The molecule has 0 bridgehead atoms. The third kappa shape index (κ3) is 3.30. The van der Waals surface area contributed by atoms with Crippen LogP contribution in [-0.4, -0.2) is 34.6 Å². The summed E-state index contributed by atoms with van der Waals surface area (Å²) in [7, 11) is 0. The molecule has 138 valence electrons. The van der Waals surface area contributed by atoms with Gasteiger partial charge in [0.05, 0.1) is 17.9 Å². The van der Waals surface area contributed by atoms with Crippen molar-refractivity contribution in [2.45, 2.75) is 42.4 Å². The molecule has 1 aliphatic carbocycles. The minimum absolute atomic E-state index is 0.108. The van der Waals surface area contributed by atoms with Gasteiger partial charge in [-0.2, -0.15) is 0 Å². The smallest absolute Gasteiger partial charge is 0.289 e. The SMILES string of the molecule is C[C@@H]1CN(C(=O)c2ccc(CSc3ccccc3)o2)C[C@@]1(O)C1CCC1. The van der Waals surface area contributed by atoms with E-state index in [1.807, 2.05) is 24.3 Å². The van der Waals surface area contributed by atoms with Crippen LogP contribution >= 0.6 is 11.8 Å². The predicted molar refractivity (Wildman–Crippen MR) is 102 cm³/mol. The van der Waals surface area contributed by atoms with E-state index in [1.54, 1.807) is 22.7 Å². The first kappa shape index (κ1) is 17.7. The van der Waals surface area contributed by atoms with Crippen molar-refractivity contribution in [2.24, 2.45) is 11.8 Å². The quantitative estimate of drug-likeness (QED) is 0.801. The highest BCUT2D eigenvalue weighted by molar-refractivity contribution is 7.98. The summed E-state index contributed by atoms with van der Waals surface area (Å²) >= 11 is 1.69. The number of nitrogens with zero attached hydrogens (tertiary/aromatic N) is 1. The van der Waals surface area contributed by atoms with Crippen LogP contribution in [0.4, 0.5) is 0 Å². The lowest BCUT2D eigenvalue weighted by Gasteiger charge is -2.41. The van der Waals surface area contributed by atoms with Gasteiger partial charge in [0.25, 0.3) is 5.91 Å². The zero-order valence-electron chi connectivity index (χ0n) is 15.1. The largest absolute Gasteiger partial charge is 0.455 e. The van der Waals surface area contributed by atoms with Gasteiger partial charge in [-0.05, 0) is 43.0 Å². The van der Waals surface area contributed by atoms with Gasteiger partial charge in [0, 0.05) is 17.4 Å². The molecule has 4 nitrogen and oxygen atoms in total. The van der Waals surface area contributed by atoms with Crippen LogP contribution in [0.2, 0.25) is 0 Å². The van der Waals surface area contributed by atoms with Gasteiger partial charge in [-0.1, -0.05) is 31.5 Å². The Balaban J connectivity index is 1.39. The van der Waals surface area contributed by atoms with Gasteiger partial charge in [-0.3, -0.25) is 4.79 Å². The van der Waals surface area contributed by atoms with Crippen molar-refractivity contribution < 1.29 is 14.3 Å². The first-order valence-electron chi connectivity index (χ1n) is 9.34. The normalized spacial score (nSPS) is 26.1. The molecular formula is C21H25NO3S. The average Bonchev–Trinajstić information content (AvgIpc) is 3.17. The van der Waals surface area contributed by atoms with Gasteiger partial charge in [0.1, 0.15) is 5.76 Å². The number of carbonyl (C=O) groups excluding carboxylic acids is 1. The van der Waals surface area contributed by atoms with Crippen molar-refractivity contribution in [1.82, 2.24) is 4.90 Å². The highest BCUT2D eigenvalue weighted by Gasteiger charge is 2.51. The minimum Gasteiger partial charge on any atom is -0.455 e. The third-order valence-corrected chi connectivity index (χ3v) is 6.92. The van der Waals surface area contributed by atoms with Gasteiger partial charge >= 0.3 is 0 Å². The standard InChI is InChI=1S/C21H25NO3S/c1-15-12-22(14-21(15,24)16-6-5-7-16)20(23)19-11-10-17(25-19)13-26-18-8-3-2-4-9-18/h2-4,8-11,15-16,24H,5-7,12-14H2,1H3/t15-,21+/m1/s1. The van der Waals surface area contributed by atoms with Crippen LogP contribution in [0.3, 0.4) is 0 Å². The number of benzene rings is 1. The summed E-state index contributed by atoms with van der Waals surface area (Å²) < 4.78 is 5.79. The first-order chi connectivity index (χ1) is 12.6. The summed E-state index contributed by atoms with van der Waals surface area (Å²) in [4.78, 5) is 15.7. The molecule has 0 spiro atoms. The van der Waals surface area contributed by atoms with Crippen LogP contribution in [0.15, 0.2) is 51.8 Å². The molecule has 2 heterocycles. The maximum atomic E-state index is 12.8. The van der Waals surface area contributed by atoms with E-state index in [9.17, 15) is 9.90 Å². The zero-order valence-corrected chi connectivity index (χ0v) is 15.9. The van der Waals surface area contributed by atoms with Crippen molar-refractivity contribution in [3.8, 4) is 0 Å². The van der Waals surface area contributed by atoms with Gasteiger partial charge in [-0.25, -0.2) is 0 Å². The Kier molecular flexibility index (Phi) is 4.84. The summed E-state index contributed by atoms with van der Waals surface area (Å²) in [5.41, 5.74) is -0.730. The van der Waals surface area contributed by atoms with E-state index >= 15 is 0 Å². The van der Waals surface area contributed by atoms with Gasteiger partial charge < -0.3 is 14.4 Å². The van der Waals surface area contributed by atoms with Gasteiger partial charge in [-0.15, -0.1) is 11.8 Å². The highest BCUT2D eigenvalue weighted by atomic mass is 32.2. The van der Waals surface area contributed by atoms with E-state index in [-0.39, 0.29) is 11.8 Å². The molecule has 26 heavy (non-hydrogen) atoms. The Morgan fingerprint density at radius 3 is 2.73 bits per heavy atom. The molecule has 1 saturated heterocycles. The fraction of sp³-hybridized carbons (Fsp3) is 0.476. The van der Waals surface area contributed by atoms with E-state index < -0.39 is 5.60 Å². The lowest BCUT2D eigenvalue weighted by Crippen LogP contribution is -2.48. The van der Waals surface area contributed by atoms with Crippen LogP contribution in [0.5, 0.6) is 0 Å². The molecule has 1 aromatic heterocycles. The number of amides is 1. The molecule has 2 atom stereocenters. The topological polar surface area (TPSA) is 53.7 Å². The number of carbonyl (C=O) groups is 1. The monoisotopic (exact) mass is 371 g/mol. The molecule has 0 radical (unpaired) electrons. The van der Waals surface area contributed by atoms with Crippen molar-refractivity contribution in [3.63, 3.8) is 0 Å². The Hall–Kier alpha value is -1.72. The van der Waals surface area contributed by atoms with Crippen molar-refractivity contribution in [2.75, 3.05) is 13.1 Å². The fourth-order valence-corrected chi connectivity index (χ4v) is 4.82. The zero-order chi connectivity index (χ0) is 18.1. The van der Waals surface area contributed by atoms with Crippen LogP contribution < -0.4 is 0 Å². The van der Waals surface area contributed by atoms with Crippen LogP contribution in [0.25, 0.3) is 0 Å². The summed E-state index contributed by atoms with van der Waals surface area (Å²) in [6, 6.07) is 13.8. The van der Waals surface area contributed by atoms with E-state index in [2.05, 4.69) is 19.1 Å². The second-order valence-corrected chi connectivity index (χ2v) is 8.62. The number of hydrogen-bond acceptors (Lipinski definition) is 4. The fourth-order valence-electron chi connectivity index (χ4n) is 4.01. The molecule has 2 fully saturated rings. The van der Waals surface area contributed by atoms with Crippen molar-refractivity contribution >= 4 is 17.7 Å². The van der Waals surface area contributed by atoms with Gasteiger partial charge in [0.15, 0.2) is 5.76 Å².